The topological polar surface area (TPSA) is 26.3 Å². The van der Waals surface area contributed by atoms with E-state index < -0.39 is 0 Å². The van der Waals surface area contributed by atoms with Crippen molar-refractivity contribution < 1.29 is 9.53 Å². The number of fused-ring (bicyclic) bond motifs is 11. The Morgan fingerprint density at radius 2 is 1.88 bits per heavy atom. The van der Waals surface area contributed by atoms with Crippen LogP contribution < -0.4 is 0 Å². The van der Waals surface area contributed by atoms with E-state index in [1.54, 1.807) is 0 Å². The van der Waals surface area contributed by atoms with Gasteiger partial charge >= 0.3 is 5.97 Å². The van der Waals surface area contributed by atoms with Gasteiger partial charge in [-0.1, -0.05) is 19.1 Å². The Kier molecular flexibility index (Phi) is 2.80. The zero-order chi connectivity index (χ0) is 16.1. The lowest BCUT2D eigenvalue weighted by molar-refractivity contribution is -0.178. The van der Waals surface area contributed by atoms with Gasteiger partial charge in [-0.25, -0.2) is 0 Å². The van der Waals surface area contributed by atoms with Gasteiger partial charge in [0.1, 0.15) is 5.60 Å². The van der Waals surface area contributed by atoms with Crippen LogP contribution in [0.15, 0.2) is 12.2 Å². The van der Waals surface area contributed by atoms with Gasteiger partial charge in [0.15, 0.2) is 0 Å². The van der Waals surface area contributed by atoms with Crippen molar-refractivity contribution in [1.29, 1.82) is 0 Å². The Balaban J connectivity index is 1.25. The standard InChI is InChI=1S/C22H30O2/c1-2-22(24-21(23)17-8-12-3-4-13(17)7-12)11-16-10-18(22)20-15-6-5-14(9-15)19(16)20/h3-4,12-20H,2,5-11H2,1H3. The second-order valence-corrected chi connectivity index (χ2v) is 10.0. The molecular formula is C22H30O2. The Bertz CT molecular complexity index is 609. The zero-order valence-corrected chi connectivity index (χ0v) is 14.8. The molecule has 10 atom stereocenters. The maximum atomic E-state index is 13.0. The van der Waals surface area contributed by atoms with Crippen molar-refractivity contribution in [3.8, 4) is 0 Å². The normalized spacial score (nSPS) is 58.6. The van der Waals surface area contributed by atoms with E-state index in [1.165, 1.54) is 38.5 Å². The minimum Gasteiger partial charge on any atom is -0.459 e. The fourth-order valence-corrected chi connectivity index (χ4v) is 8.62. The van der Waals surface area contributed by atoms with Gasteiger partial charge in [0.2, 0.25) is 0 Å². The van der Waals surface area contributed by atoms with Gasteiger partial charge in [-0.05, 0) is 92.8 Å². The lowest BCUT2D eigenvalue weighted by Gasteiger charge is -2.46. The van der Waals surface area contributed by atoms with Gasteiger partial charge in [-0.15, -0.1) is 0 Å². The maximum Gasteiger partial charge on any atom is 0.310 e. The Hall–Kier alpha value is -0.790. The molecule has 0 aromatic rings. The largest absolute Gasteiger partial charge is 0.459 e. The lowest BCUT2D eigenvalue weighted by Crippen LogP contribution is -2.48. The first-order valence-corrected chi connectivity index (χ1v) is 10.6. The third-order valence-corrected chi connectivity index (χ3v) is 9.38. The van der Waals surface area contributed by atoms with Crippen LogP contribution in [0.4, 0.5) is 0 Å². The van der Waals surface area contributed by atoms with E-state index in [0.717, 1.165) is 42.4 Å². The van der Waals surface area contributed by atoms with Crippen LogP contribution >= 0.6 is 0 Å². The number of esters is 1. The first-order chi connectivity index (χ1) is 11.7. The molecule has 10 unspecified atom stereocenters. The van der Waals surface area contributed by atoms with Crippen molar-refractivity contribution in [2.75, 3.05) is 0 Å². The van der Waals surface area contributed by atoms with E-state index in [9.17, 15) is 4.79 Å². The van der Waals surface area contributed by atoms with Crippen LogP contribution in [0.3, 0.4) is 0 Å². The molecule has 5 saturated carbocycles. The summed E-state index contributed by atoms with van der Waals surface area (Å²) in [4.78, 5) is 13.0. The molecule has 0 radical (unpaired) electrons. The number of rotatable bonds is 3. The Labute approximate surface area is 145 Å². The van der Waals surface area contributed by atoms with Crippen molar-refractivity contribution >= 4 is 5.97 Å². The maximum absolute atomic E-state index is 13.0. The molecule has 0 heterocycles. The molecule has 6 aliphatic rings. The van der Waals surface area contributed by atoms with Crippen molar-refractivity contribution in [3.63, 3.8) is 0 Å². The third kappa shape index (κ3) is 1.66. The molecule has 6 aliphatic carbocycles. The molecule has 0 aromatic heterocycles. The fourth-order valence-electron chi connectivity index (χ4n) is 8.62. The molecule has 6 rings (SSSR count). The molecule has 0 spiro atoms. The second kappa shape index (κ2) is 4.68. The molecule has 2 heteroatoms. The fraction of sp³-hybridized carbons (Fsp3) is 0.864. The van der Waals surface area contributed by atoms with Gasteiger partial charge in [0.05, 0.1) is 5.92 Å². The summed E-state index contributed by atoms with van der Waals surface area (Å²) in [6, 6.07) is 0. The summed E-state index contributed by atoms with van der Waals surface area (Å²) < 4.78 is 6.46. The van der Waals surface area contributed by atoms with Crippen molar-refractivity contribution in [2.45, 2.75) is 63.9 Å². The number of carbonyl (C=O) groups is 1. The number of carbonyl (C=O) groups excluding carboxylic acids is 1. The van der Waals surface area contributed by atoms with E-state index in [2.05, 4.69) is 19.1 Å². The summed E-state index contributed by atoms with van der Waals surface area (Å²) in [6.07, 6.45) is 14.9. The minimum absolute atomic E-state index is 0.0983. The average molecular weight is 326 g/mol. The third-order valence-electron chi connectivity index (χ3n) is 9.38. The van der Waals surface area contributed by atoms with Gasteiger partial charge in [0.25, 0.3) is 0 Å². The van der Waals surface area contributed by atoms with Crippen LogP contribution in [-0.4, -0.2) is 11.6 Å². The van der Waals surface area contributed by atoms with Gasteiger partial charge in [-0.2, -0.15) is 0 Å². The highest BCUT2D eigenvalue weighted by molar-refractivity contribution is 5.74. The first kappa shape index (κ1) is 14.4. The lowest BCUT2D eigenvalue weighted by atomic mass is 9.65. The summed E-state index contributed by atoms with van der Waals surface area (Å²) in [5.41, 5.74) is -0.0983. The molecule has 0 saturated heterocycles. The molecule has 0 N–H and O–H groups in total. The van der Waals surface area contributed by atoms with Crippen molar-refractivity contribution in [3.05, 3.63) is 12.2 Å². The molecule has 130 valence electrons. The first-order valence-electron chi connectivity index (χ1n) is 10.6. The van der Waals surface area contributed by atoms with E-state index >= 15 is 0 Å². The van der Waals surface area contributed by atoms with Crippen molar-refractivity contribution in [1.82, 2.24) is 0 Å². The van der Waals surface area contributed by atoms with Gasteiger partial charge in [-0.3, -0.25) is 4.79 Å². The van der Waals surface area contributed by atoms with Gasteiger partial charge < -0.3 is 4.74 Å². The summed E-state index contributed by atoms with van der Waals surface area (Å²) in [5, 5.41) is 0. The SMILES string of the molecule is CCC1(OC(=O)C2CC3C=CC2C3)CC2CC1C1C3CCC(C3)C21. The van der Waals surface area contributed by atoms with Crippen LogP contribution in [0.1, 0.15) is 58.3 Å². The molecule has 0 amide bonds. The molecule has 0 aromatic carbocycles. The van der Waals surface area contributed by atoms with Crippen LogP contribution in [0.25, 0.3) is 0 Å². The average Bonchev–Trinajstić information content (AvgIpc) is 3.40. The highest BCUT2D eigenvalue weighted by Gasteiger charge is 2.68. The second-order valence-electron chi connectivity index (χ2n) is 10.0. The predicted molar refractivity (Wildman–Crippen MR) is 92.0 cm³/mol. The van der Waals surface area contributed by atoms with Gasteiger partial charge in [0, 0.05) is 5.92 Å². The summed E-state index contributed by atoms with van der Waals surface area (Å²) >= 11 is 0. The molecular weight excluding hydrogens is 296 g/mol. The highest BCUT2D eigenvalue weighted by atomic mass is 16.6. The monoisotopic (exact) mass is 326 g/mol. The Morgan fingerprint density at radius 3 is 2.58 bits per heavy atom. The summed E-state index contributed by atoms with van der Waals surface area (Å²) in [5.74, 6) is 6.88. The van der Waals surface area contributed by atoms with E-state index in [1.807, 2.05) is 0 Å². The number of ether oxygens (including phenoxy) is 1. The minimum atomic E-state index is -0.0983. The number of allylic oxidation sites excluding steroid dienone is 2. The number of hydrogen-bond donors (Lipinski definition) is 0. The zero-order valence-electron chi connectivity index (χ0n) is 14.8. The highest BCUT2D eigenvalue weighted by Crippen LogP contribution is 2.71. The van der Waals surface area contributed by atoms with E-state index in [-0.39, 0.29) is 17.5 Å². The smallest absolute Gasteiger partial charge is 0.310 e. The summed E-state index contributed by atoms with van der Waals surface area (Å²) in [6.45, 7) is 2.27. The Morgan fingerprint density at radius 1 is 1.04 bits per heavy atom. The van der Waals surface area contributed by atoms with Crippen LogP contribution in [0.2, 0.25) is 0 Å². The quantitative estimate of drug-likeness (QED) is 0.431. The molecule has 2 nitrogen and oxygen atoms in total. The van der Waals surface area contributed by atoms with Crippen LogP contribution in [0, 0.1) is 53.3 Å². The molecule has 24 heavy (non-hydrogen) atoms. The molecule has 5 fully saturated rings. The van der Waals surface area contributed by atoms with Crippen LogP contribution in [0.5, 0.6) is 0 Å². The molecule has 0 aliphatic heterocycles. The predicted octanol–water partition coefficient (Wildman–Crippen LogP) is 4.59. The van der Waals surface area contributed by atoms with Crippen LogP contribution in [-0.2, 0) is 9.53 Å². The summed E-state index contributed by atoms with van der Waals surface area (Å²) in [7, 11) is 0. The van der Waals surface area contributed by atoms with Crippen molar-refractivity contribution in [2.24, 2.45) is 53.3 Å². The number of hydrogen-bond acceptors (Lipinski definition) is 2. The van der Waals surface area contributed by atoms with E-state index in [0.29, 0.717) is 17.8 Å². The van der Waals surface area contributed by atoms with E-state index in [4.69, 9.17) is 4.74 Å². The molecule has 6 bridgehead atoms.